The van der Waals surface area contributed by atoms with E-state index in [0.717, 1.165) is 17.3 Å². The molecule has 2 aromatic carbocycles. The monoisotopic (exact) mass is 384 g/mol. The Bertz CT molecular complexity index is 951. The van der Waals surface area contributed by atoms with Gasteiger partial charge in [-0.1, -0.05) is 18.2 Å². The zero-order valence-corrected chi connectivity index (χ0v) is 15.8. The molecule has 3 aromatic rings. The first-order valence-electron chi connectivity index (χ1n) is 8.26. The van der Waals surface area contributed by atoms with Gasteiger partial charge < -0.3 is 20.3 Å². The Hall–Kier alpha value is -3.06. The minimum Gasteiger partial charge on any atom is -0.497 e. The number of thioether (sulfide) groups is 1. The fraction of sp³-hybridized carbons (Fsp3) is 0.150. The average Bonchev–Trinajstić information content (AvgIpc) is 2.95. The first-order valence-corrected chi connectivity index (χ1v) is 9.24. The summed E-state index contributed by atoms with van der Waals surface area (Å²) in [6, 6.07) is 15.9. The maximum absolute atomic E-state index is 12.2. The van der Waals surface area contributed by atoms with Crippen LogP contribution in [0.15, 0.2) is 59.5 Å². The highest BCUT2D eigenvalue weighted by molar-refractivity contribution is 8.00. The fourth-order valence-electron chi connectivity index (χ4n) is 2.64. The summed E-state index contributed by atoms with van der Waals surface area (Å²) >= 11 is 1.15. The lowest BCUT2D eigenvalue weighted by Crippen LogP contribution is -2.13. The van der Waals surface area contributed by atoms with E-state index in [4.69, 9.17) is 4.74 Å². The smallest absolute Gasteiger partial charge is 0.234 e. The number of nitrogens with zero attached hydrogens (tertiary/aromatic N) is 1. The Morgan fingerprint density at radius 1 is 1.15 bits per heavy atom. The van der Waals surface area contributed by atoms with E-state index in [9.17, 15) is 15.0 Å². The van der Waals surface area contributed by atoms with Crippen LogP contribution in [0.4, 0.5) is 5.69 Å². The maximum Gasteiger partial charge on any atom is 0.234 e. The largest absolute Gasteiger partial charge is 0.497 e. The van der Waals surface area contributed by atoms with Gasteiger partial charge in [-0.2, -0.15) is 0 Å². The summed E-state index contributed by atoms with van der Waals surface area (Å²) in [5.74, 6) is 0.411. The molecule has 0 atom stereocenters. The summed E-state index contributed by atoms with van der Waals surface area (Å²) in [6.45, 7) is 1.89. The molecule has 1 amide bonds. The highest BCUT2D eigenvalue weighted by Gasteiger charge is 2.18. The number of hydrogen-bond donors (Lipinski definition) is 3. The minimum absolute atomic E-state index is 0.0835. The van der Waals surface area contributed by atoms with Gasteiger partial charge in [-0.25, -0.2) is 0 Å². The van der Waals surface area contributed by atoms with Gasteiger partial charge in [0.2, 0.25) is 11.8 Å². The maximum atomic E-state index is 12.2. The molecule has 1 heterocycles. The number of nitrogens with one attached hydrogen (secondary N) is 1. The van der Waals surface area contributed by atoms with E-state index in [2.05, 4.69) is 5.32 Å². The summed E-state index contributed by atoms with van der Waals surface area (Å²) in [7, 11) is 1.58. The van der Waals surface area contributed by atoms with E-state index < -0.39 is 0 Å². The molecular weight excluding hydrogens is 364 g/mol. The van der Waals surface area contributed by atoms with Crippen LogP contribution >= 0.6 is 11.8 Å². The van der Waals surface area contributed by atoms with Crippen molar-refractivity contribution in [1.29, 1.82) is 0 Å². The van der Waals surface area contributed by atoms with Gasteiger partial charge in [0.05, 0.1) is 23.4 Å². The second-order valence-electron chi connectivity index (χ2n) is 5.88. The van der Waals surface area contributed by atoms with Crippen molar-refractivity contribution in [3.63, 3.8) is 0 Å². The fourth-order valence-corrected chi connectivity index (χ4v) is 3.41. The van der Waals surface area contributed by atoms with Crippen molar-refractivity contribution in [2.45, 2.75) is 11.8 Å². The third-order valence-electron chi connectivity index (χ3n) is 4.01. The lowest BCUT2D eigenvalue weighted by molar-refractivity contribution is -0.113. The number of ether oxygens (including phenoxy) is 1. The molecule has 0 saturated heterocycles. The number of para-hydroxylation sites is 1. The number of aromatic hydroxyl groups is 2. The number of aromatic nitrogens is 1. The van der Waals surface area contributed by atoms with Crippen LogP contribution in [-0.2, 0) is 4.79 Å². The summed E-state index contributed by atoms with van der Waals surface area (Å²) in [6.07, 6.45) is 0. The van der Waals surface area contributed by atoms with Crippen molar-refractivity contribution in [2.24, 2.45) is 0 Å². The SMILES string of the molecule is COc1ccc(NC(=O)CSc2cc(O)n(-c3ccccc3C)c2O)cc1. The standard InChI is InChI=1S/C20H20N2O4S/c1-13-5-3-4-6-16(13)22-19(24)11-17(20(22)25)27-12-18(23)21-14-7-9-15(26-2)10-8-14/h3-11,24-25H,12H2,1-2H3,(H,21,23). The number of anilines is 1. The molecule has 0 aliphatic heterocycles. The van der Waals surface area contributed by atoms with Crippen molar-refractivity contribution in [3.8, 4) is 23.2 Å². The lowest BCUT2D eigenvalue weighted by atomic mass is 10.2. The van der Waals surface area contributed by atoms with E-state index in [1.807, 2.05) is 25.1 Å². The number of carbonyl (C=O) groups is 1. The topological polar surface area (TPSA) is 83.7 Å². The van der Waals surface area contributed by atoms with Crippen LogP contribution in [0.5, 0.6) is 17.5 Å². The molecule has 0 radical (unpaired) electrons. The van der Waals surface area contributed by atoms with E-state index in [-0.39, 0.29) is 23.4 Å². The van der Waals surface area contributed by atoms with Crippen LogP contribution in [0.1, 0.15) is 5.56 Å². The molecular formula is C20H20N2O4S. The molecule has 0 fully saturated rings. The molecule has 0 saturated carbocycles. The first kappa shape index (κ1) is 18.7. The first-order chi connectivity index (χ1) is 13.0. The van der Waals surface area contributed by atoms with Crippen molar-refractivity contribution < 1.29 is 19.7 Å². The molecule has 0 spiro atoms. The highest BCUT2D eigenvalue weighted by Crippen LogP contribution is 2.38. The van der Waals surface area contributed by atoms with Crippen LogP contribution < -0.4 is 10.1 Å². The predicted molar refractivity (Wildman–Crippen MR) is 106 cm³/mol. The van der Waals surface area contributed by atoms with Crippen molar-refractivity contribution in [1.82, 2.24) is 4.57 Å². The molecule has 7 heteroatoms. The summed E-state index contributed by atoms with van der Waals surface area (Å²) < 4.78 is 6.44. The van der Waals surface area contributed by atoms with E-state index in [1.165, 1.54) is 10.6 Å². The quantitative estimate of drug-likeness (QED) is 0.561. The molecule has 3 rings (SSSR count). The molecule has 6 nitrogen and oxygen atoms in total. The van der Waals surface area contributed by atoms with Crippen molar-refractivity contribution in [3.05, 3.63) is 60.2 Å². The van der Waals surface area contributed by atoms with Gasteiger partial charge in [0.1, 0.15) is 5.75 Å². The normalized spacial score (nSPS) is 10.6. The Balaban J connectivity index is 1.68. The van der Waals surface area contributed by atoms with Gasteiger partial charge in [-0.15, -0.1) is 11.8 Å². The zero-order valence-electron chi connectivity index (χ0n) is 15.0. The average molecular weight is 384 g/mol. The number of benzene rings is 2. The van der Waals surface area contributed by atoms with Gasteiger partial charge in [-0.05, 0) is 42.8 Å². The predicted octanol–water partition coefficient (Wildman–Crippen LogP) is 3.94. The van der Waals surface area contributed by atoms with Gasteiger partial charge in [0.25, 0.3) is 0 Å². The van der Waals surface area contributed by atoms with Crippen LogP contribution in [0.2, 0.25) is 0 Å². The molecule has 3 N–H and O–H groups in total. The van der Waals surface area contributed by atoms with Crippen LogP contribution in [0, 0.1) is 6.92 Å². The van der Waals surface area contributed by atoms with Gasteiger partial charge in [0.15, 0.2) is 5.88 Å². The minimum atomic E-state index is -0.215. The van der Waals surface area contributed by atoms with Crippen molar-refractivity contribution in [2.75, 3.05) is 18.2 Å². The zero-order chi connectivity index (χ0) is 19.4. The molecule has 27 heavy (non-hydrogen) atoms. The molecule has 0 bridgehead atoms. The third kappa shape index (κ3) is 4.20. The molecule has 1 aromatic heterocycles. The van der Waals surface area contributed by atoms with E-state index in [1.54, 1.807) is 37.4 Å². The number of methoxy groups -OCH3 is 1. The van der Waals surface area contributed by atoms with Crippen LogP contribution in [0.3, 0.4) is 0 Å². The number of amides is 1. The molecule has 140 valence electrons. The van der Waals surface area contributed by atoms with E-state index in [0.29, 0.717) is 22.0 Å². The summed E-state index contributed by atoms with van der Waals surface area (Å²) in [5, 5.41) is 23.5. The van der Waals surface area contributed by atoms with Gasteiger partial charge in [0, 0.05) is 11.8 Å². The molecule has 0 aliphatic carbocycles. The second kappa shape index (κ2) is 8.09. The summed E-state index contributed by atoms with van der Waals surface area (Å²) in [5.41, 5.74) is 2.25. The Labute approximate surface area is 161 Å². The molecule has 0 unspecified atom stereocenters. The lowest BCUT2D eigenvalue weighted by Gasteiger charge is -2.10. The number of rotatable bonds is 6. The highest BCUT2D eigenvalue weighted by atomic mass is 32.2. The number of aryl methyl sites for hydroxylation is 1. The van der Waals surface area contributed by atoms with Gasteiger partial charge >= 0.3 is 0 Å². The van der Waals surface area contributed by atoms with Crippen LogP contribution in [0.25, 0.3) is 5.69 Å². The number of carbonyl (C=O) groups excluding carboxylic acids is 1. The molecule has 0 aliphatic rings. The number of hydrogen-bond acceptors (Lipinski definition) is 5. The second-order valence-corrected chi connectivity index (χ2v) is 6.89. The van der Waals surface area contributed by atoms with Crippen LogP contribution in [-0.4, -0.2) is 33.5 Å². The Kier molecular flexibility index (Phi) is 5.61. The summed E-state index contributed by atoms with van der Waals surface area (Å²) in [4.78, 5) is 12.6. The van der Waals surface area contributed by atoms with Crippen molar-refractivity contribution >= 4 is 23.4 Å². The van der Waals surface area contributed by atoms with Gasteiger partial charge in [-0.3, -0.25) is 9.36 Å². The Morgan fingerprint density at radius 2 is 1.85 bits per heavy atom. The Morgan fingerprint density at radius 3 is 2.52 bits per heavy atom. The third-order valence-corrected chi connectivity index (χ3v) is 5.03. The van der Waals surface area contributed by atoms with E-state index >= 15 is 0 Å².